The van der Waals surface area contributed by atoms with E-state index in [9.17, 15) is 0 Å². The summed E-state index contributed by atoms with van der Waals surface area (Å²) in [6.07, 6.45) is 7.45. The first kappa shape index (κ1) is 13.6. The van der Waals surface area contributed by atoms with Crippen LogP contribution < -0.4 is 0 Å². The van der Waals surface area contributed by atoms with Gasteiger partial charge in [0.25, 0.3) is 0 Å². The van der Waals surface area contributed by atoms with Crippen molar-refractivity contribution in [3.8, 4) is 0 Å². The molecule has 3 nitrogen and oxygen atoms in total. The Labute approximate surface area is 116 Å². The molecule has 0 radical (unpaired) electrons. The van der Waals surface area contributed by atoms with E-state index in [0.717, 1.165) is 19.4 Å². The van der Waals surface area contributed by atoms with Gasteiger partial charge in [-0.2, -0.15) is 0 Å². The Morgan fingerprint density at radius 2 is 2.16 bits per heavy atom. The Morgan fingerprint density at radius 1 is 1.42 bits per heavy atom. The molecule has 3 rings (SSSR count). The second-order valence-corrected chi connectivity index (χ2v) is 6.81. The summed E-state index contributed by atoms with van der Waals surface area (Å²) in [4.78, 5) is 0. The maximum absolute atomic E-state index is 6.10. The van der Waals surface area contributed by atoms with E-state index < -0.39 is 0 Å². The van der Waals surface area contributed by atoms with Crippen molar-refractivity contribution < 1.29 is 14.2 Å². The number of hydrogen-bond acceptors (Lipinski definition) is 3. The Balaban J connectivity index is 1.74. The van der Waals surface area contributed by atoms with Crippen LogP contribution in [-0.4, -0.2) is 37.1 Å². The van der Waals surface area contributed by atoms with Crippen LogP contribution in [0.3, 0.4) is 0 Å². The van der Waals surface area contributed by atoms with Crippen LogP contribution >= 0.6 is 0 Å². The minimum atomic E-state index is -0.0520. The fraction of sp³-hybridized carbons (Fsp3) is 0.875. The zero-order valence-electron chi connectivity index (χ0n) is 12.6. The summed E-state index contributed by atoms with van der Waals surface area (Å²) in [5.41, 5.74) is 1.37. The first-order valence-electron chi connectivity index (χ1n) is 7.50. The lowest BCUT2D eigenvalue weighted by atomic mass is 9.69. The van der Waals surface area contributed by atoms with E-state index >= 15 is 0 Å². The molecule has 0 N–H and O–H groups in total. The molecule has 5 atom stereocenters. The Bertz CT molecular complexity index is 381. The second kappa shape index (κ2) is 4.57. The SMILES string of the molecule is CO[C@@H]1CCC[C@]2(CO2)[C@H]1C1(C)O[C@@H]1CC=C(C)C. The maximum Gasteiger partial charge on any atom is 0.100 e. The van der Waals surface area contributed by atoms with E-state index in [1.165, 1.54) is 18.4 Å². The lowest BCUT2D eigenvalue weighted by Crippen LogP contribution is -2.48. The summed E-state index contributed by atoms with van der Waals surface area (Å²) in [5, 5.41) is 0. The lowest BCUT2D eigenvalue weighted by Gasteiger charge is -2.38. The molecule has 0 bridgehead atoms. The van der Waals surface area contributed by atoms with Gasteiger partial charge in [-0.3, -0.25) is 0 Å². The van der Waals surface area contributed by atoms with Crippen molar-refractivity contribution in [2.75, 3.05) is 13.7 Å². The zero-order chi connectivity index (χ0) is 13.7. The third kappa shape index (κ3) is 2.26. The standard InChI is InChI=1S/C16H26O3/c1-11(2)7-8-13-15(3,19-13)14-12(17-4)6-5-9-16(14)10-18-16/h7,12-14H,5-6,8-10H2,1-4H3/t12-,13-,14-,15?,16+/m1/s1. The van der Waals surface area contributed by atoms with Crippen molar-refractivity contribution in [3.05, 3.63) is 11.6 Å². The van der Waals surface area contributed by atoms with Crippen molar-refractivity contribution >= 4 is 0 Å². The quantitative estimate of drug-likeness (QED) is 0.579. The first-order chi connectivity index (χ1) is 9.02. The highest BCUT2D eigenvalue weighted by Crippen LogP contribution is 2.59. The van der Waals surface area contributed by atoms with Crippen molar-refractivity contribution in [1.29, 1.82) is 0 Å². The fourth-order valence-electron chi connectivity index (χ4n) is 4.00. The van der Waals surface area contributed by atoms with Crippen LogP contribution in [0.25, 0.3) is 0 Å². The van der Waals surface area contributed by atoms with Crippen LogP contribution in [0.1, 0.15) is 46.5 Å². The van der Waals surface area contributed by atoms with Gasteiger partial charge in [0.05, 0.1) is 24.4 Å². The Hall–Kier alpha value is -0.380. The number of hydrogen-bond donors (Lipinski definition) is 0. The van der Waals surface area contributed by atoms with Gasteiger partial charge in [0.2, 0.25) is 0 Å². The molecule has 2 aliphatic heterocycles. The van der Waals surface area contributed by atoms with Gasteiger partial charge in [-0.15, -0.1) is 0 Å². The van der Waals surface area contributed by atoms with E-state index in [4.69, 9.17) is 14.2 Å². The van der Waals surface area contributed by atoms with Gasteiger partial charge in [0, 0.05) is 13.0 Å². The van der Waals surface area contributed by atoms with Gasteiger partial charge >= 0.3 is 0 Å². The van der Waals surface area contributed by atoms with E-state index in [1.54, 1.807) is 0 Å². The molecule has 0 aromatic carbocycles. The predicted molar refractivity (Wildman–Crippen MR) is 74.1 cm³/mol. The number of epoxide rings is 2. The van der Waals surface area contributed by atoms with E-state index in [0.29, 0.717) is 12.0 Å². The molecular weight excluding hydrogens is 240 g/mol. The van der Waals surface area contributed by atoms with Crippen molar-refractivity contribution in [3.63, 3.8) is 0 Å². The van der Waals surface area contributed by atoms with Crippen LogP contribution in [0.15, 0.2) is 11.6 Å². The number of ether oxygens (including phenoxy) is 3. The summed E-state index contributed by atoms with van der Waals surface area (Å²) in [6.45, 7) is 7.43. The molecular formula is C16H26O3. The maximum atomic E-state index is 6.10. The topological polar surface area (TPSA) is 34.3 Å². The third-order valence-electron chi connectivity index (χ3n) is 5.18. The number of methoxy groups -OCH3 is 1. The van der Waals surface area contributed by atoms with E-state index in [2.05, 4.69) is 26.8 Å². The van der Waals surface area contributed by atoms with Crippen LogP contribution in [0.5, 0.6) is 0 Å². The van der Waals surface area contributed by atoms with Gasteiger partial charge in [0.1, 0.15) is 5.60 Å². The minimum Gasteiger partial charge on any atom is -0.381 e. The van der Waals surface area contributed by atoms with Crippen LogP contribution in [-0.2, 0) is 14.2 Å². The molecule has 1 spiro atoms. The molecule has 1 saturated carbocycles. The normalized spacial score (nSPS) is 48.1. The smallest absolute Gasteiger partial charge is 0.100 e. The largest absolute Gasteiger partial charge is 0.381 e. The summed E-state index contributed by atoms with van der Waals surface area (Å²) >= 11 is 0. The summed E-state index contributed by atoms with van der Waals surface area (Å²) < 4.78 is 17.7. The Kier molecular flexibility index (Phi) is 3.27. The molecule has 108 valence electrons. The molecule has 2 heterocycles. The molecule has 1 aliphatic carbocycles. The van der Waals surface area contributed by atoms with Gasteiger partial charge in [-0.25, -0.2) is 0 Å². The average molecular weight is 266 g/mol. The first-order valence-corrected chi connectivity index (χ1v) is 7.50. The molecule has 3 heteroatoms. The molecule has 0 aromatic rings. The summed E-state index contributed by atoms with van der Waals surface area (Å²) in [6, 6.07) is 0. The summed E-state index contributed by atoms with van der Waals surface area (Å²) in [7, 11) is 1.83. The molecule has 3 aliphatic rings. The van der Waals surface area contributed by atoms with Gasteiger partial charge in [-0.05, 0) is 46.5 Å². The lowest BCUT2D eigenvalue weighted by molar-refractivity contribution is -0.0492. The Morgan fingerprint density at radius 3 is 2.74 bits per heavy atom. The second-order valence-electron chi connectivity index (χ2n) is 6.81. The average Bonchev–Trinajstić information content (AvgIpc) is 3.26. The number of allylic oxidation sites excluding steroid dienone is 1. The molecule has 19 heavy (non-hydrogen) atoms. The molecule has 0 aromatic heterocycles. The highest BCUT2D eigenvalue weighted by Gasteiger charge is 2.70. The fourth-order valence-corrected chi connectivity index (χ4v) is 4.00. The van der Waals surface area contributed by atoms with Gasteiger partial charge < -0.3 is 14.2 Å². The van der Waals surface area contributed by atoms with Crippen LogP contribution in [0, 0.1) is 5.92 Å². The molecule has 0 amide bonds. The van der Waals surface area contributed by atoms with Gasteiger partial charge in [-0.1, -0.05) is 11.6 Å². The minimum absolute atomic E-state index is 0.0520. The van der Waals surface area contributed by atoms with Crippen LogP contribution in [0.4, 0.5) is 0 Å². The third-order valence-corrected chi connectivity index (χ3v) is 5.18. The van der Waals surface area contributed by atoms with Crippen molar-refractivity contribution in [2.24, 2.45) is 5.92 Å². The molecule has 2 saturated heterocycles. The van der Waals surface area contributed by atoms with E-state index in [1.807, 2.05) is 7.11 Å². The predicted octanol–water partition coefficient (Wildman–Crippen LogP) is 3.08. The van der Waals surface area contributed by atoms with Gasteiger partial charge in [0.15, 0.2) is 0 Å². The molecule has 1 unspecified atom stereocenters. The summed E-state index contributed by atoms with van der Waals surface area (Å²) in [5.74, 6) is 0.398. The van der Waals surface area contributed by atoms with Crippen molar-refractivity contribution in [2.45, 2.75) is 69.9 Å². The number of rotatable bonds is 4. The van der Waals surface area contributed by atoms with Crippen LogP contribution in [0.2, 0.25) is 0 Å². The molecule has 3 fully saturated rings. The van der Waals surface area contributed by atoms with Crippen molar-refractivity contribution in [1.82, 2.24) is 0 Å². The van der Waals surface area contributed by atoms with E-state index in [-0.39, 0.29) is 17.3 Å². The monoisotopic (exact) mass is 266 g/mol. The highest BCUT2D eigenvalue weighted by molar-refractivity contribution is 5.19. The zero-order valence-corrected chi connectivity index (χ0v) is 12.6. The highest BCUT2D eigenvalue weighted by atomic mass is 16.6.